The van der Waals surface area contributed by atoms with E-state index in [2.05, 4.69) is 15.2 Å². The summed E-state index contributed by atoms with van der Waals surface area (Å²) in [6.07, 6.45) is 4.49. The molecule has 70 valence electrons. The third-order valence-corrected chi connectivity index (χ3v) is 1.77. The molecule has 0 spiro atoms. The third-order valence-electron chi connectivity index (χ3n) is 1.77. The molecule has 0 aliphatic heterocycles. The predicted octanol–water partition coefficient (Wildman–Crippen LogP) is 0.456. The lowest BCUT2D eigenvalue weighted by atomic mass is 10.2. The number of hydrogen-bond donors (Lipinski definition) is 2. The summed E-state index contributed by atoms with van der Waals surface area (Å²) in [5.74, 6) is -0.495. The number of carbonyl (C=O) groups excluding carboxylic acids is 1. The van der Waals surface area contributed by atoms with Crippen LogP contribution in [0.25, 0.3) is 17.1 Å². The van der Waals surface area contributed by atoms with E-state index in [1.807, 2.05) is 6.07 Å². The van der Waals surface area contributed by atoms with Crippen molar-refractivity contribution in [3.8, 4) is 0 Å². The van der Waals surface area contributed by atoms with E-state index in [1.165, 1.54) is 6.08 Å². The number of nitrogens with zero attached hydrogens (tertiary/aromatic N) is 2. The van der Waals surface area contributed by atoms with Crippen LogP contribution in [0.15, 0.2) is 24.4 Å². The molecule has 5 nitrogen and oxygen atoms in total. The van der Waals surface area contributed by atoms with Crippen LogP contribution < -0.4 is 5.73 Å². The number of nitrogens with one attached hydrogen (secondary N) is 1. The topological polar surface area (TPSA) is 84.7 Å². The van der Waals surface area contributed by atoms with Gasteiger partial charge >= 0.3 is 0 Å². The van der Waals surface area contributed by atoms with Gasteiger partial charge in [0.2, 0.25) is 5.91 Å². The van der Waals surface area contributed by atoms with Crippen LogP contribution in [0, 0.1) is 0 Å². The summed E-state index contributed by atoms with van der Waals surface area (Å²) < 4.78 is 0. The van der Waals surface area contributed by atoms with Gasteiger partial charge in [0.1, 0.15) is 0 Å². The lowest BCUT2D eigenvalue weighted by Gasteiger charge is -1.86. The van der Waals surface area contributed by atoms with Crippen molar-refractivity contribution < 1.29 is 4.79 Å². The molecular formula is C9H8N4O. The average molecular weight is 188 g/mol. The quantitative estimate of drug-likeness (QED) is 0.671. The number of H-pyrrole nitrogens is 1. The van der Waals surface area contributed by atoms with Crippen LogP contribution in [-0.2, 0) is 4.79 Å². The summed E-state index contributed by atoms with van der Waals surface area (Å²) in [5, 5.41) is 7.60. The Hall–Kier alpha value is -2.17. The number of fused-ring (bicyclic) bond motifs is 1. The van der Waals surface area contributed by atoms with E-state index in [0.29, 0.717) is 11.3 Å². The van der Waals surface area contributed by atoms with E-state index in [9.17, 15) is 4.79 Å². The molecular weight excluding hydrogens is 180 g/mol. The summed E-state index contributed by atoms with van der Waals surface area (Å²) in [6, 6.07) is 3.67. The molecule has 0 bridgehead atoms. The Labute approximate surface area is 79.6 Å². The highest BCUT2D eigenvalue weighted by atomic mass is 16.1. The summed E-state index contributed by atoms with van der Waals surface area (Å²) in [5.41, 5.74) is 6.32. The second kappa shape index (κ2) is 3.29. The molecule has 14 heavy (non-hydrogen) atoms. The first-order valence-electron chi connectivity index (χ1n) is 4.04. The highest BCUT2D eigenvalue weighted by Gasteiger charge is 2.01. The molecule has 0 radical (unpaired) electrons. The Kier molecular flexibility index (Phi) is 1.98. The summed E-state index contributed by atoms with van der Waals surface area (Å²) in [6.45, 7) is 0. The van der Waals surface area contributed by atoms with Crippen molar-refractivity contribution in [1.82, 2.24) is 15.2 Å². The Morgan fingerprint density at radius 3 is 3.21 bits per heavy atom. The lowest BCUT2D eigenvalue weighted by molar-refractivity contribution is -0.113. The number of amides is 1. The first-order chi connectivity index (χ1) is 6.77. The average Bonchev–Trinajstić information content (AvgIpc) is 2.58. The molecule has 0 fully saturated rings. The first-order valence-corrected chi connectivity index (χ1v) is 4.04. The second-order valence-corrected chi connectivity index (χ2v) is 2.74. The Bertz CT molecular complexity index is 500. The Balaban J connectivity index is 2.48. The molecule has 2 aromatic rings. The molecule has 0 aliphatic rings. The number of pyridine rings is 1. The van der Waals surface area contributed by atoms with Gasteiger partial charge in [-0.2, -0.15) is 5.10 Å². The van der Waals surface area contributed by atoms with Gasteiger partial charge in [0.05, 0.1) is 5.69 Å². The summed E-state index contributed by atoms with van der Waals surface area (Å²) in [4.78, 5) is 14.6. The zero-order chi connectivity index (χ0) is 9.97. The SMILES string of the molecule is NC(=O)C=Cc1n[nH]c2ncccc12. The van der Waals surface area contributed by atoms with Gasteiger partial charge in [-0.1, -0.05) is 0 Å². The van der Waals surface area contributed by atoms with E-state index >= 15 is 0 Å². The van der Waals surface area contributed by atoms with Crippen molar-refractivity contribution in [2.45, 2.75) is 0 Å². The predicted molar refractivity (Wildman–Crippen MR) is 52.1 cm³/mol. The molecule has 2 rings (SSSR count). The molecule has 0 saturated heterocycles. The van der Waals surface area contributed by atoms with Gasteiger partial charge in [0.25, 0.3) is 0 Å². The van der Waals surface area contributed by atoms with Crippen molar-refractivity contribution in [1.29, 1.82) is 0 Å². The van der Waals surface area contributed by atoms with Crippen molar-refractivity contribution >= 4 is 23.0 Å². The minimum Gasteiger partial charge on any atom is -0.366 e. The number of carbonyl (C=O) groups is 1. The largest absolute Gasteiger partial charge is 0.366 e. The fourth-order valence-corrected chi connectivity index (χ4v) is 1.16. The van der Waals surface area contributed by atoms with Gasteiger partial charge in [0, 0.05) is 17.7 Å². The Morgan fingerprint density at radius 2 is 2.43 bits per heavy atom. The maximum Gasteiger partial charge on any atom is 0.241 e. The van der Waals surface area contributed by atoms with Crippen molar-refractivity contribution in [3.05, 3.63) is 30.1 Å². The summed E-state index contributed by atoms with van der Waals surface area (Å²) >= 11 is 0. The first kappa shape index (κ1) is 8.43. The molecule has 2 heterocycles. The van der Waals surface area contributed by atoms with Crippen LogP contribution in [0.5, 0.6) is 0 Å². The Morgan fingerprint density at radius 1 is 1.57 bits per heavy atom. The fraction of sp³-hybridized carbons (Fsp3) is 0. The monoisotopic (exact) mass is 188 g/mol. The van der Waals surface area contributed by atoms with Crippen LogP contribution in [0.4, 0.5) is 0 Å². The lowest BCUT2D eigenvalue weighted by Crippen LogP contribution is -2.05. The molecule has 3 N–H and O–H groups in total. The third kappa shape index (κ3) is 1.47. The van der Waals surface area contributed by atoms with Gasteiger partial charge in [-0.3, -0.25) is 9.89 Å². The van der Waals surface area contributed by atoms with E-state index in [0.717, 1.165) is 5.39 Å². The number of primary amides is 1. The van der Waals surface area contributed by atoms with Crippen molar-refractivity contribution in [2.24, 2.45) is 5.73 Å². The van der Waals surface area contributed by atoms with Crippen LogP contribution >= 0.6 is 0 Å². The van der Waals surface area contributed by atoms with E-state index < -0.39 is 5.91 Å². The normalized spacial score (nSPS) is 11.1. The van der Waals surface area contributed by atoms with Gasteiger partial charge in [0.15, 0.2) is 5.65 Å². The molecule has 0 aliphatic carbocycles. The maximum absolute atomic E-state index is 10.5. The molecule has 0 aromatic carbocycles. The van der Waals surface area contributed by atoms with E-state index in [4.69, 9.17) is 5.73 Å². The van der Waals surface area contributed by atoms with Crippen LogP contribution in [-0.4, -0.2) is 21.1 Å². The number of hydrogen-bond acceptors (Lipinski definition) is 3. The molecule has 5 heteroatoms. The maximum atomic E-state index is 10.5. The zero-order valence-corrected chi connectivity index (χ0v) is 7.27. The second-order valence-electron chi connectivity index (χ2n) is 2.74. The number of rotatable bonds is 2. The summed E-state index contributed by atoms with van der Waals surface area (Å²) in [7, 11) is 0. The van der Waals surface area contributed by atoms with Crippen LogP contribution in [0.2, 0.25) is 0 Å². The smallest absolute Gasteiger partial charge is 0.241 e. The number of aromatic amines is 1. The highest BCUT2D eigenvalue weighted by molar-refractivity contribution is 5.93. The highest BCUT2D eigenvalue weighted by Crippen LogP contribution is 2.13. The van der Waals surface area contributed by atoms with E-state index in [-0.39, 0.29) is 0 Å². The molecule has 1 amide bonds. The molecule has 2 aromatic heterocycles. The number of nitrogens with two attached hydrogens (primary N) is 1. The molecule has 0 unspecified atom stereocenters. The molecule has 0 atom stereocenters. The van der Waals surface area contributed by atoms with Gasteiger partial charge in [-0.05, 0) is 18.2 Å². The van der Waals surface area contributed by atoms with Gasteiger partial charge < -0.3 is 5.73 Å². The number of aromatic nitrogens is 3. The van der Waals surface area contributed by atoms with Crippen molar-refractivity contribution in [2.75, 3.05) is 0 Å². The fourth-order valence-electron chi connectivity index (χ4n) is 1.16. The van der Waals surface area contributed by atoms with Gasteiger partial charge in [-0.15, -0.1) is 0 Å². The minimum atomic E-state index is -0.495. The standard InChI is InChI=1S/C9H8N4O/c10-8(14)4-3-7-6-2-1-5-11-9(6)13-12-7/h1-5H,(H2,10,14)(H,11,12,13). The van der Waals surface area contributed by atoms with Crippen LogP contribution in [0.1, 0.15) is 5.69 Å². The minimum absolute atomic E-state index is 0.495. The van der Waals surface area contributed by atoms with Gasteiger partial charge in [-0.25, -0.2) is 4.98 Å². The van der Waals surface area contributed by atoms with E-state index in [1.54, 1.807) is 18.3 Å². The van der Waals surface area contributed by atoms with Crippen molar-refractivity contribution in [3.63, 3.8) is 0 Å². The zero-order valence-electron chi connectivity index (χ0n) is 7.27. The van der Waals surface area contributed by atoms with Crippen LogP contribution in [0.3, 0.4) is 0 Å². The molecule has 0 saturated carbocycles.